The first-order chi connectivity index (χ1) is 12.2. The molecule has 2 unspecified atom stereocenters. The van der Waals surface area contributed by atoms with Crippen LogP contribution in [0.4, 0.5) is 5.69 Å². The molecule has 0 saturated carbocycles. The molecule has 0 heterocycles. The number of nitrogens with one attached hydrogen (secondary N) is 1. The van der Waals surface area contributed by atoms with Crippen LogP contribution in [0.1, 0.15) is 36.2 Å². The Bertz CT molecular complexity index is 702. The second-order valence-electron chi connectivity index (χ2n) is 5.76. The smallest absolute Gasteiger partial charge is 0.345 e. The molecular weight excluding hydrogens is 344 g/mol. The highest BCUT2D eigenvalue weighted by Gasteiger charge is 2.28. The van der Waals surface area contributed by atoms with E-state index in [1.807, 2.05) is 6.92 Å². The quantitative estimate of drug-likeness (QED) is 0.422. The van der Waals surface area contributed by atoms with Crippen molar-refractivity contribution in [1.82, 2.24) is 5.32 Å². The Labute approximate surface area is 150 Å². The molecule has 0 radical (unpaired) electrons. The summed E-state index contributed by atoms with van der Waals surface area (Å²) >= 11 is 0. The summed E-state index contributed by atoms with van der Waals surface area (Å²) in [5, 5.41) is 13.5. The van der Waals surface area contributed by atoms with Crippen LogP contribution >= 0.6 is 0 Å². The highest BCUT2D eigenvalue weighted by Crippen LogP contribution is 2.22. The second-order valence-corrected chi connectivity index (χ2v) is 5.76. The summed E-state index contributed by atoms with van der Waals surface area (Å²) in [6.07, 6.45) is 0.620. The molecule has 0 aliphatic rings. The molecule has 0 aliphatic carbocycles. The van der Waals surface area contributed by atoms with Crippen molar-refractivity contribution in [2.24, 2.45) is 5.92 Å². The van der Waals surface area contributed by atoms with Crippen molar-refractivity contribution in [2.45, 2.75) is 33.2 Å². The molecule has 0 fully saturated rings. The number of carbonyl (C=O) groups is 3. The lowest BCUT2D eigenvalue weighted by atomic mass is 9.99. The SMILES string of the molecule is CCC(C)C(NC(=O)COC(=O)c1c(C)cccc1[N+](=O)[O-])C(=O)OC. The number of nitrogens with zero attached hydrogens (tertiary/aromatic N) is 1. The molecule has 9 heteroatoms. The van der Waals surface area contributed by atoms with E-state index in [2.05, 4.69) is 10.1 Å². The minimum atomic E-state index is -0.983. The van der Waals surface area contributed by atoms with Gasteiger partial charge in [-0.15, -0.1) is 0 Å². The summed E-state index contributed by atoms with van der Waals surface area (Å²) < 4.78 is 9.53. The Hall–Kier alpha value is -2.97. The molecule has 26 heavy (non-hydrogen) atoms. The van der Waals surface area contributed by atoms with Gasteiger partial charge in [0.25, 0.3) is 11.6 Å². The zero-order valence-electron chi connectivity index (χ0n) is 15.1. The van der Waals surface area contributed by atoms with Crippen molar-refractivity contribution in [3.63, 3.8) is 0 Å². The lowest BCUT2D eigenvalue weighted by Gasteiger charge is -2.21. The van der Waals surface area contributed by atoms with Crippen LogP contribution in [0.3, 0.4) is 0 Å². The molecule has 9 nitrogen and oxygen atoms in total. The molecule has 2 atom stereocenters. The van der Waals surface area contributed by atoms with Crippen molar-refractivity contribution in [2.75, 3.05) is 13.7 Å². The topological polar surface area (TPSA) is 125 Å². The lowest BCUT2D eigenvalue weighted by molar-refractivity contribution is -0.385. The first-order valence-electron chi connectivity index (χ1n) is 8.01. The zero-order valence-corrected chi connectivity index (χ0v) is 15.1. The number of benzene rings is 1. The number of nitro groups is 1. The third-order valence-electron chi connectivity index (χ3n) is 3.97. The van der Waals surface area contributed by atoms with Gasteiger partial charge in [0.1, 0.15) is 11.6 Å². The van der Waals surface area contributed by atoms with Gasteiger partial charge < -0.3 is 14.8 Å². The molecule has 1 rings (SSSR count). The van der Waals surface area contributed by atoms with Crippen LogP contribution in [0.5, 0.6) is 0 Å². The standard InChI is InChI=1S/C17H22N2O7/c1-5-10(2)15(17(22)25-4)18-13(20)9-26-16(21)14-11(3)7-6-8-12(14)19(23)24/h6-8,10,15H,5,9H2,1-4H3,(H,18,20). The molecule has 1 N–H and O–H groups in total. The number of ether oxygens (including phenoxy) is 2. The van der Waals surface area contributed by atoms with E-state index >= 15 is 0 Å². The van der Waals surface area contributed by atoms with Crippen molar-refractivity contribution in [3.05, 3.63) is 39.4 Å². The van der Waals surface area contributed by atoms with Crippen LogP contribution in [-0.4, -0.2) is 42.5 Å². The van der Waals surface area contributed by atoms with Crippen LogP contribution in [0.2, 0.25) is 0 Å². The minimum absolute atomic E-state index is 0.181. The molecule has 0 aromatic heterocycles. The van der Waals surface area contributed by atoms with E-state index in [4.69, 9.17) is 4.74 Å². The molecule has 1 aromatic carbocycles. The number of esters is 2. The first-order valence-corrected chi connectivity index (χ1v) is 8.01. The van der Waals surface area contributed by atoms with Crippen molar-refractivity contribution in [1.29, 1.82) is 0 Å². The third kappa shape index (κ3) is 5.27. The van der Waals surface area contributed by atoms with Crippen LogP contribution in [0.15, 0.2) is 18.2 Å². The van der Waals surface area contributed by atoms with Gasteiger partial charge in [0.2, 0.25) is 0 Å². The number of carbonyl (C=O) groups excluding carboxylic acids is 3. The van der Waals surface area contributed by atoms with Gasteiger partial charge in [0.15, 0.2) is 6.61 Å². The maximum Gasteiger partial charge on any atom is 0.345 e. The molecule has 0 bridgehead atoms. The fraction of sp³-hybridized carbons (Fsp3) is 0.471. The average molecular weight is 366 g/mol. The Kier molecular flexibility index (Phi) is 7.70. The summed E-state index contributed by atoms with van der Waals surface area (Å²) in [5.41, 5.74) is -0.254. The predicted octanol–water partition coefficient (Wildman–Crippen LogP) is 1.76. The maximum absolute atomic E-state index is 12.2. The largest absolute Gasteiger partial charge is 0.467 e. The van der Waals surface area contributed by atoms with Gasteiger partial charge in [-0.25, -0.2) is 9.59 Å². The third-order valence-corrected chi connectivity index (χ3v) is 3.97. The van der Waals surface area contributed by atoms with E-state index in [9.17, 15) is 24.5 Å². The monoisotopic (exact) mass is 366 g/mol. The van der Waals surface area contributed by atoms with Gasteiger partial charge >= 0.3 is 11.9 Å². The number of nitro benzene ring substituents is 1. The summed E-state index contributed by atoms with van der Waals surface area (Å²) in [6.45, 7) is 4.47. The van der Waals surface area contributed by atoms with Gasteiger partial charge in [-0.2, -0.15) is 0 Å². The van der Waals surface area contributed by atoms with E-state index in [1.54, 1.807) is 6.92 Å². The van der Waals surface area contributed by atoms with Gasteiger partial charge in [-0.1, -0.05) is 32.4 Å². The van der Waals surface area contributed by atoms with Gasteiger partial charge in [0, 0.05) is 6.07 Å². The van der Waals surface area contributed by atoms with E-state index in [-0.39, 0.29) is 11.5 Å². The van der Waals surface area contributed by atoms with Gasteiger partial charge in [-0.05, 0) is 18.4 Å². The highest BCUT2D eigenvalue weighted by molar-refractivity contribution is 5.97. The summed E-state index contributed by atoms with van der Waals surface area (Å²) in [4.78, 5) is 46.3. The normalized spacial score (nSPS) is 12.6. The fourth-order valence-electron chi connectivity index (χ4n) is 2.28. The van der Waals surface area contributed by atoms with Crippen LogP contribution in [-0.2, 0) is 19.1 Å². The van der Waals surface area contributed by atoms with Crippen molar-refractivity contribution in [3.8, 4) is 0 Å². The first kappa shape index (κ1) is 21.1. The molecular formula is C17H22N2O7. The lowest BCUT2D eigenvalue weighted by Crippen LogP contribution is -2.47. The second kappa shape index (κ2) is 9.50. The van der Waals surface area contributed by atoms with E-state index in [0.29, 0.717) is 12.0 Å². The van der Waals surface area contributed by atoms with Crippen LogP contribution in [0.25, 0.3) is 0 Å². The molecule has 0 spiro atoms. The molecule has 0 aliphatic heterocycles. The Morgan fingerprint density at radius 3 is 2.50 bits per heavy atom. The summed E-state index contributed by atoms with van der Waals surface area (Å²) in [6, 6.07) is 3.29. The maximum atomic E-state index is 12.2. The van der Waals surface area contributed by atoms with Crippen LogP contribution < -0.4 is 5.32 Å². The van der Waals surface area contributed by atoms with E-state index in [1.165, 1.54) is 32.2 Å². The van der Waals surface area contributed by atoms with Gasteiger partial charge in [-0.3, -0.25) is 14.9 Å². The van der Waals surface area contributed by atoms with E-state index in [0.717, 1.165) is 0 Å². The molecule has 0 saturated heterocycles. The number of aryl methyl sites for hydroxylation is 1. The number of hydrogen-bond donors (Lipinski definition) is 1. The van der Waals surface area contributed by atoms with Gasteiger partial charge in [0.05, 0.1) is 12.0 Å². The minimum Gasteiger partial charge on any atom is -0.467 e. The Morgan fingerprint density at radius 1 is 1.31 bits per heavy atom. The molecule has 1 aromatic rings. The zero-order chi connectivity index (χ0) is 19.9. The number of hydrogen-bond acceptors (Lipinski definition) is 7. The predicted molar refractivity (Wildman–Crippen MR) is 91.5 cm³/mol. The number of amides is 1. The Balaban J connectivity index is 2.80. The Morgan fingerprint density at radius 2 is 1.96 bits per heavy atom. The average Bonchev–Trinajstić information content (AvgIpc) is 2.62. The molecule has 1 amide bonds. The summed E-state index contributed by atoms with van der Waals surface area (Å²) in [7, 11) is 1.21. The number of methoxy groups -OCH3 is 1. The summed E-state index contributed by atoms with van der Waals surface area (Å²) in [5.74, 6) is -2.47. The fourth-order valence-corrected chi connectivity index (χ4v) is 2.28. The van der Waals surface area contributed by atoms with Crippen LogP contribution in [0, 0.1) is 23.0 Å². The highest BCUT2D eigenvalue weighted by atomic mass is 16.6. The van der Waals surface area contributed by atoms with Crippen molar-refractivity contribution < 1.29 is 28.8 Å². The van der Waals surface area contributed by atoms with Crippen molar-refractivity contribution >= 4 is 23.5 Å². The number of rotatable bonds is 8. The molecule has 142 valence electrons. The van der Waals surface area contributed by atoms with E-state index < -0.39 is 41.1 Å².